The van der Waals surface area contributed by atoms with Gasteiger partial charge in [0.2, 0.25) is 0 Å². The van der Waals surface area contributed by atoms with Gasteiger partial charge in [0.15, 0.2) is 0 Å². The molecule has 0 radical (unpaired) electrons. The van der Waals surface area contributed by atoms with E-state index in [4.69, 9.17) is 10.8 Å². The van der Waals surface area contributed by atoms with Crippen molar-refractivity contribution in [1.82, 2.24) is 9.78 Å². The average Bonchev–Trinajstić information content (AvgIpc) is 2.73. The lowest BCUT2D eigenvalue weighted by Gasteiger charge is -2.11. The Balaban J connectivity index is 2.20. The number of carboxylic acids is 1. The lowest BCUT2D eigenvalue weighted by atomic mass is 10.1. The highest BCUT2D eigenvalue weighted by atomic mass is 16.4. The SMILES string of the molecule is Cn1ccc(CNc2c(N)cccc2C(=O)O)n1. The summed E-state index contributed by atoms with van der Waals surface area (Å²) in [6.07, 6.45) is 1.82. The molecule has 0 aliphatic rings. The first-order valence-electron chi connectivity index (χ1n) is 5.42. The first-order valence-corrected chi connectivity index (χ1v) is 5.42. The molecule has 94 valence electrons. The van der Waals surface area contributed by atoms with Crippen LogP contribution >= 0.6 is 0 Å². The Morgan fingerprint density at radius 2 is 2.28 bits per heavy atom. The largest absolute Gasteiger partial charge is 0.478 e. The molecule has 1 heterocycles. The van der Waals surface area contributed by atoms with E-state index in [1.807, 2.05) is 19.3 Å². The maximum atomic E-state index is 11.1. The molecule has 0 aliphatic carbocycles. The predicted octanol–water partition coefficient (Wildman–Crippen LogP) is 1.31. The molecule has 0 atom stereocenters. The van der Waals surface area contributed by atoms with Crippen molar-refractivity contribution in [1.29, 1.82) is 0 Å². The number of aromatic carboxylic acids is 1. The average molecular weight is 246 g/mol. The molecule has 6 heteroatoms. The normalized spacial score (nSPS) is 10.3. The van der Waals surface area contributed by atoms with Gasteiger partial charge in [0.05, 0.1) is 29.2 Å². The third kappa shape index (κ3) is 2.42. The number of nitrogens with zero attached hydrogens (tertiary/aromatic N) is 2. The minimum absolute atomic E-state index is 0.158. The van der Waals surface area contributed by atoms with Crippen molar-refractivity contribution in [3.05, 3.63) is 41.7 Å². The highest BCUT2D eigenvalue weighted by Gasteiger charge is 2.12. The van der Waals surface area contributed by atoms with Crippen molar-refractivity contribution < 1.29 is 9.90 Å². The summed E-state index contributed by atoms with van der Waals surface area (Å²) in [5.41, 5.74) is 7.59. The van der Waals surface area contributed by atoms with Crippen molar-refractivity contribution in [3.63, 3.8) is 0 Å². The van der Waals surface area contributed by atoms with Crippen LogP contribution in [0.5, 0.6) is 0 Å². The molecule has 0 spiro atoms. The lowest BCUT2D eigenvalue weighted by molar-refractivity contribution is 0.0698. The number of hydrogen-bond acceptors (Lipinski definition) is 4. The summed E-state index contributed by atoms with van der Waals surface area (Å²) in [6, 6.07) is 6.64. The molecule has 0 saturated carbocycles. The molecular formula is C12H14N4O2. The Hall–Kier alpha value is -2.50. The van der Waals surface area contributed by atoms with Crippen LogP contribution < -0.4 is 11.1 Å². The van der Waals surface area contributed by atoms with E-state index in [9.17, 15) is 4.79 Å². The summed E-state index contributed by atoms with van der Waals surface area (Å²) in [5.74, 6) is -1.01. The Morgan fingerprint density at radius 1 is 1.50 bits per heavy atom. The molecule has 1 aromatic heterocycles. The van der Waals surface area contributed by atoms with Gasteiger partial charge in [-0.3, -0.25) is 4.68 Å². The number of nitrogens with one attached hydrogen (secondary N) is 1. The van der Waals surface area contributed by atoms with Crippen molar-refractivity contribution in [2.45, 2.75) is 6.54 Å². The van der Waals surface area contributed by atoms with Crippen molar-refractivity contribution in [2.75, 3.05) is 11.1 Å². The molecule has 18 heavy (non-hydrogen) atoms. The molecule has 0 amide bonds. The van der Waals surface area contributed by atoms with Gasteiger partial charge in [-0.05, 0) is 18.2 Å². The summed E-state index contributed by atoms with van der Waals surface area (Å²) in [7, 11) is 1.82. The Labute approximate surface area is 104 Å². The third-order valence-electron chi connectivity index (χ3n) is 2.54. The minimum atomic E-state index is -1.01. The molecule has 0 aliphatic heterocycles. The fourth-order valence-electron chi connectivity index (χ4n) is 1.68. The third-order valence-corrected chi connectivity index (χ3v) is 2.54. The topological polar surface area (TPSA) is 93.2 Å². The van der Waals surface area contributed by atoms with Gasteiger partial charge in [-0.15, -0.1) is 0 Å². The second-order valence-corrected chi connectivity index (χ2v) is 3.91. The van der Waals surface area contributed by atoms with Gasteiger partial charge in [-0.1, -0.05) is 6.07 Å². The van der Waals surface area contributed by atoms with E-state index in [0.717, 1.165) is 5.69 Å². The molecular weight excluding hydrogens is 232 g/mol. The molecule has 2 rings (SSSR count). The van der Waals surface area contributed by atoms with Crippen LogP contribution in [0.3, 0.4) is 0 Å². The predicted molar refractivity (Wildman–Crippen MR) is 68.3 cm³/mol. The van der Waals surface area contributed by atoms with Gasteiger partial charge in [-0.2, -0.15) is 5.10 Å². The highest BCUT2D eigenvalue weighted by Crippen LogP contribution is 2.23. The maximum Gasteiger partial charge on any atom is 0.337 e. The second-order valence-electron chi connectivity index (χ2n) is 3.91. The number of hydrogen-bond donors (Lipinski definition) is 3. The second kappa shape index (κ2) is 4.79. The maximum absolute atomic E-state index is 11.1. The number of rotatable bonds is 4. The zero-order valence-corrected chi connectivity index (χ0v) is 9.92. The van der Waals surface area contributed by atoms with Crippen molar-refractivity contribution in [3.8, 4) is 0 Å². The van der Waals surface area contributed by atoms with E-state index in [1.165, 1.54) is 6.07 Å². The summed E-state index contributed by atoms with van der Waals surface area (Å²) >= 11 is 0. The molecule has 6 nitrogen and oxygen atoms in total. The Kier molecular flexibility index (Phi) is 3.18. The number of aromatic nitrogens is 2. The fraction of sp³-hybridized carbons (Fsp3) is 0.167. The number of aryl methyl sites for hydroxylation is 1. The van der Waals surface area contributed by atoms with E-state index in [2.05, 4.69) is 10.4 Å². The first kappa shape index (κ1) is 12.0. The van der Waals surface area contributed by atoms with Gasteiger partial charge < -0.3 is 16.2 Å². The van der Waals surface area contributed by atoms with Crippen molar-refractivity contribution >= 4 is 17.3 Å². The highest BCUT2D eigenvalue weighted by molar-refractivity contribution is 5.97. The zero-order valence-electron chi connectivity index (χ0n) is 9.92. The molecule has 0 unspecified atom stereocenters. The standard InChI is InChI=1S/C12H14N4O2/c1-16-6-5-8(15-16)7-14-11-9(12(17)18)3-2-4-10(11)13/h2-6,14H,7,13H2,1H3,(H,17,18). The monoisotopic (exact) mass is 246 g/mol. The Bertz CT molecular complexity index is 577. The van der Waals surface area contributed by atoms with Gasteiger partial charge in [-0.25, -0.2) is 4.79 Å². The number of carboxylic acid groups (broad SMARTS) is 1. The molecule has 2 aromatic rings. The van der Waals surface area contributed by atoms with E-state index < -0.39 is 5.97 Å². The molecule has 0 saturated heterocycles. The van der Waals surface area contributed by atoms with Gasteiger partial charge >= 0.3 is 5.97 Å². The van der Waals surface area contributed by atoms with E-state index >= 15 is 0 Å². The number of anilines is 2. The quantitative estimate of drug-likeness (QED) is 0.707. The smallest absolute Gasteiger partial charge is 0.337 e. The molecule has 0 fully saturated rings. The van der Waals surface area contributed by atoms with Crippen LogP contribution in [0.25, 0.3) is 0 Å². The van der Waals surface area contributed by atoms with Crippen LogP contribution in [-0.2, 0) is 13.6 Å². The zero-order chi connectivity index (χ0) is 13.1. The molecule has 4 N–H and O–H groups in total. The van der Waals surface area contributed by atoms with Crippen LogP contribution in [-0.4, -0.2) is 20.9 Å². The van der Waals surface area contributed by atoms with Crippen molar-refractivity contribution in [2.24, 2.45) is 7.05 Å². The number of nitrogens with two attached hydrogens (primary N) is 1. The van der Waals surface area contributed by atoms with Gasteiger partial charge in [0, 0.05) is 13.2 Å². The van der Waals surface area contributed by atoms with E-state index in [1.54, 1.807) is 16.8 Å². The van der Waals surface area contributed by atoms with Crippen LogP contribution in [0.4, 0.5) is 11.4 Å². The lowest BCUT2D eigenvalue weighted by Crippen LogP contribution is -2.09. The van der Waals surface area contributed by atoms with Crippen LogP contribution in [0.2, 0.25) is 0 Å². The summed E-state index contributed by atoms with van der Waals surface area (Å²) in [5, 5.41) is 16.3. The summed E-state index contributed by atoms with van der Waals surface area (Å²) in [6.45, 7) is 0.426. The molecule has 1 aromatic carbocycles. The van der Waals surface area contributed by atoms with Crippen LogP contribution in [0.15, 0.2) is 30.5 Å². The number of nitrogen functional groups attached to an aromatic ring is 1. The number of carbonyl (C=O) groups is 1. The number of benzene rings is 1. The summed E-state index contributed by atoms with van der Waals surface area (Å²) in [4.78, 5) is 11.1. The molecule has 0 bridgehead atoms. The van der Waals surface area contributed by atoms with Gasteiger partial charge in [0.25, 0.3) is 0 Å². The van der Waals surface area contributed by atoms with Crippen LogP contribution in [0, 0.1) is 0 Å². The minimum Gasteiger partial charge on any atom is -0.478 e. The first-order chi connectivity index (χ1) is 8.58. The Morgan fingerprint density at radius 3 is 2.89 bits per heavy atom. The fourth-order valence-corrected chi connectivity index (χ4v) is 1.68. The van der Waals surface area contributed by atoms with E-state index in [-0.39, 0.29) is 5.56 Å². The van der Waals surface area contributed by atoms with Crippen LogP contribution in [0.1, 0.15) is 16.1 Å². The number of para-hydroxylation sites is 1. The van der Waals surface area contributed by atoms with E-state index in [0.29, 0.717) is 17.9 Å². The summed E-state index contributed by atoms with van der Waals surface area (Å²) < 4.78 is 1.68. The van der Waals surface area contributed by atoms with Gasteiger partial charge in [0.1, 0.15) is 0 Å².